The van der Waals surface area contributed by atoms with E-state index in [2.05, 4.69) is 15.6 Å². The molecule has 3 rings (SSSR count). The van der Waals surface area contributed by atoms with Gasteiger partial charge in [0.2, 0.25) is 5.91 Å². The molecule has 6 heteroatoms. The number of benzene rings is 1. The Labute approximate surface area is 171 Å². The largest absolute Gasteiger partial charge is 0.351 e. The van der Waals surface area contributed by atoms with E-state index in [-0.39, 0.29) is 29.6 Å². The Kier molecular flexibility index (Phi) is 6.96. The Balaban J connectivity index is 1.75. The monoisotopic (exact) mass is 395 g/mol. The zero-order valence-corrected chi connectivity index (χ0v) is 17.1. The highest BCUT2D eigenvalue weighted by molar-refractivity contribution is 6.06. The number of ketones is 1. The molecule has 3 atom stereocenters. The van der Waals surface area contributed by atoms with Crippen molar-refractivity contribution < 1.29 is 14.4 Å². The molecule has 1 heterocycles. The van der Waals surface area contributed by atoms with E-state index in [9.17, 15) is 14.4 Å². The average molecular weight is 396 g/mol. The van der Waals surface area contributed by atoms with Crippen LogP contribution in [0.3, 0.4) is 0 Å². The van der Waals surface area contributed by atoms with Crippen molar-refractivity contribution in [2.24, 2.45) is 5.92 Å². The normalized spacial score (nSPS) is 19.7. The van der Waals surface area contributed by atoms with E-state index in [0.29, 0.717) is 12.1 Å². The van der Waals surface area contributed by atoms with E-state index < -0.39 is 6.04 Å². The molecule has 6 nitrogen and oxygen atoms in total. The lowest BCUT2D eigenvalue weighted by atomic mass is 9.98. The van der Waals surface area contributed by atoms with Crippen molar-refractivity contribution in [3.05, 3.63) is 42.2 Å². The van der Waals surface area contributed by atoms with Gasteiger partial charge in [-0.2, -0.15) is 0 Å². The number of carbonyl (C=O) groups excluding carboxylic acids is 3. The van der Waals surface area contributed by atoms with E-state index in [1.165, 1.54) is 0 Å². The van der Waals surface area contributed by atoms with E-state index >= 15 is 0 Å². The molecular formula is C23H29N3O3. The van der Waals surface area contributed by atoms with Crippen molar-refractivity contribution >= 4 is 28.4 Å². The first-order chi connectivity index (χ1) is 14.0. The molecule has 0 unspecified atom stereocenters. The number of nitrogens with zero attached hydrogens (tertiary/aromatic N) is 1. The molecule has 2 aromatic rings. The second-order valence-electron chi connectivity index (χ2n) is 7.81. The van der Waals surface area contributed by atoms with Gasteiger partial charge >= 0.3 is 0 Å². The Bertz CT molecular complexity index is 891. The first kappa shape index (κ1) is 21.0. The van der Waals surface area contributed by atoms with Gasteiger partial charge in [-0.25, -0.2) is 0 Å². The van der Waals surface area contributed by atoms with Crippen LogP contribution in [-0.4, -0.2) is 34.7 Å². The lowest BCUT2D eigenvalue weighted by molar-refractivity contribution is -0.125. The number of Topliss-reactive ketones (excluding diaryl/α,β-unsaturated/α-hetero) is 1. The number of rotatable bonds is 8. The molecule has 0 spiro atoms. The second kappa shape index (κ2) is 9.63. The number of unbranched alkanes of at least 4 members (excludes halogenated alkanes) is 1. The molecule has 2 amide bonds. The Morgan fingerprint density at radius 1 is 1.17 bits per heavy atom. The van der Waals surface area contributed by atoms with Crippen LogP contribution in [0.25, 0.3) is 10.8 Å². The Hall–Kier alpha value is -2.76. The van der Waals surface area contributed by atoms with Gasteiger partial charge in [-0.1, -0.05) is 50.5 Å². The molecule has 0 saturated heterocycles. The number of hydrogen-bond acceptors (Lipinski definition) is 4. The summed E-state index contributed by atoms with van der Waals surface area (Å²) in [6, 6.07) is 8.63. The van der Waals surface area contributed by atoms with Crippen molar-refractivity contribution in [2.75, 3.05) is 0 Å². The zero-order chi connectivity index (χ0) is 20.8. The zero-order valence-electron chi connectivity index (χ0n) is 17.1. The van der Waals surface area contributed by atoms with Gasteiger partial charge in [0.15, 0.2) is 0 Å². The summed E-state index contributed by atoms with van der Waals surface area (Å²) in [6.45, 7) is 3.63. The van der Waals surface area contributed by atoms with Gasteiger partial charge in [0.25, 0.3) is 5.91 Å². The highest BCUT2D eigenvalue weighted by Crippen LogP contribution is 2.26. The molecule has 1 fully saturated rings. The van der Waals surface area contributed by atoms with E-state index in [1.54, 1.807) is 13.1 Å². The summed E-state index contributed by atoms with van der Waals surface area (Å²) in [6.07, 6.45) is 6.45. The van der Waals surface area contributed by atoms with Crippen LogP contribution in [-0.2, 0) is 9.59 Å². The molecule has 1 saturated carbocycles. The molecule has 1 aromatic heterocycles. The van der Waals surface area contributed by atoms with Crippen LogP contribution < -0.4 is 10.6 Å². The van der Waals surface area contributed by atoms with Gasteiger partial charge in [-0.3, -0.25) is 19.4 Å². The van der Waals surface area contributed by atoms with Crippen molar-refractivity contribution in [3.63, 3.8) is 0 Å². The van der Waals surface area contributed by atoms with Crippen LogP contribution >= 0.6 is 0 Å². The third kappa shape index (κ3) is 5.00. The van der Waals surface area contributed by atoms with Crippen LogP contribution in [0.4, 0.5) is 0 Å². The molecule has 0 radical (unpaired) electrons. The fraction of sp³-hybridized carbons (Fsp3) is 0.478. The van der Waals surface area contributed by atoms with Crippen LogP contribution in [0.2, 0.25) is 0 Å². The minimum atomic E-state index is -0.642. The van der Waals surface area contributed by atoms with Gasteiger partial charge in [0, 0.05) is 23.5 Å². The number of amides is 2. The topological polar surface area (TPSA) is 88.2 Å². The van der Waals surface area contributed by atoms with Gasteiger partial charge in [0.1, 0.15) is 17.5 Å². The molecule has 0 bridgehead atoms. The maximum atomic E-state index is 12.9. The van der Waals surface area contributed by atoms with E-state index in [0.717, 1.165) is 42.9 Å². The molecule has 1 aromatic carbocycles. The van der Waals surface area contributed by atoms with Crippen LogP contribution in [0.5, 0.6) is 0 Å². The van der Waals surface area contributed by atoms with E-state index in [1.807, 2.05) is 37.3 Å². The molecular weight excluding hydrogens is 366 g/mol. The molecule has 0 aliphatic heterocycles. The van der Waals surface area contributed by atoms with Gasteiger partial charge < -0.3 is 10.6 Å². The first-order valence-corrected chi connectivity index (χ1v) is 10.5. The van der Waals surface area contributed by atoms with E-state index in [4.69, 9.17) is 0 Å². The summed E-state index contributed by atoms with van der Waals surface area (Å²) in [7, 11) is 0. The average Bonchev–Trinajstić information content (AvgIpc) is 3.18. The third-order valence-electron chi connectivity index (χ3n) is 5.72. The number of fused-ring (bicyclic) bond motifs is 1. The van der Waals surface area contributed by atoms with Crippen molar-refractivity contribution in [3.8, 4) is 0 Å². The predicted octanol–water partition coefficient (Wildman–Crippen LogP) is 3.40. The highest BCUT2D eigenvalue weighted by atomic mass is 16.2. The summed E-state index contributed by atoms with van der Waals surface area (Å²) in [5, 5.41) is 7.59. The number of hydrogen-bond donors (Lipinski definition) is 2. The lowest BCUT2D eigenvalue weighted by Gasteiger charge is -2.24. The first-order valence-electron chi connectivity index (χ1n) is 10.5. The quantitative estimate of drug-likeness (QED) is 0.717. The highest BCUT2D eigenvalue weighted by Gasteiger charge is 2.33. The van der Waals surface area contributed by atoms with Crippen molar-refractivity contribution in [1.82, 2.24) is 15.6 Å². The van der Waals surface area contributed by atoms with Crippen molar-refractivity contribution in [2.45, 2.75) is 64.5 Å². The smallest absolute Gasteiger partial charge is 0.271 e. The standard InChI is InChI=1S/C23H29N3O3/c1-3-4-11-20(22(28)25-19-12-7-10-17(19)15(2)27)26-23(29)21-18-9-6-5-8-16(18)13-14-24-21/h5-6,8-9,13-14,17,19-20H,3-4,7,10-12H2,1-2H3,(H,25,28)(H,26,29)/t17-,19-,20-/m0/s1. The van der Waals surface area contributed by atoms with Crippen LogP contribution in [0.1, 0.15) is 62.9 Å². The number of carbonyl (C=O) groups is 3. The maximum Gasteiger partial charge on any atom is 0.271 e. The van der Waals surface area contributed by atoms with Crippen LogP contribution in [0, 0.1) is 5.92 Å². The fourth-order valence-electron chi connectivity index (χ4n) is 4.11. The minimum Gasteiger partial charge on any atom is -0.351 e. The third-order valence-corrected chi connectivity index (χ3v) is 5.72. The lowest BCUT2D eigenvalue weighted by Crippen LogP contribution is -2.51. The molecule has 29 heavy (non-hydrogen) atoms. The molecule has 2 N–H and O–H groups in total. The Morgan fingerprint density at radius 2 is 1.97 bits per heavy atom. The summed E-state index contributed by atoms with van der Waals surface area (Å²) < 4.78 is 0. The number of aromatic nitrogens is 1. The Morgan fingerprint density at radius 3 is 2.72 bits per heavy atom. The van der Waals surface area contributed by atoms with Gasteiger partial charge in [-0.05, 0) is 37.6 Å². The SMILES string of the molecule is CCCC[C@H](NC(=O)c1nccc2ccccc12)C(=O)N[C@H]1CCC[C@H]1C(C)=O. The number of nitrogens with one attached hydrogen (secondary N) is 2. The summed E-state index contributed by atoms with van der Waals surface area (Å²) >= 11 is 0. The maximum absolute atomic E-state index is 12.9. The van der Waals surface area contributed by atoms with Crippen LogP contribution in [0.15, 0.2) is 36.5 Å². The minimum absolute atomic E-state index is 0.113. The second-order valence-corrected chi connectivity index (χ2v) is 7.81. The van der Waals surface area contributed by atoms with Gasteiger partial charge in [0.05, 0.1) is 0 Å². The fourth-order valence-corrected chi connectivity index (χ4v) is 4.11. The summed E-state index contributed by atoms with van der Waals surface area (Å²) in [5.41, 5.74) is 0.319. The summed E-state index contributed by atoms with van der Waals surface area (Å²) in [4.78, 5) is 42.0. The number of pyridine rings is 1. The molecule has 1 aliphatic carbocycles. The van der Waals surface area contributed by atoms with Crippen molar-refractivity contribution in [1.29, 1.82) is 0 Å². The molecule has 1 aliphatic rings. The molecule has 154 valence electrons. The van der Waals surface area contributed by atoms with Gasteiger partial charge in [-0.15, -0.1) is 0 Å². The summed E-state index contributed by atoms with van der Waals surface area (Å²) in [5.74, 6) is -0.583. The predicted molar refractivity (Wildman–Crippen MR) is 112 cm³/mol.